The van der Waals surface area contributed by atoms with E-state index in [0.29, 0.717) is 5.56 Å². The first-order valence-electron chi connectivity index (χ1n) is 13.4. The van der Waals surface area contributed by atoms with Gasteiger partial charge in [0.25, 0.3) is 0 Å². The number of aliphatic hydroxyl groups is 4. The van der Waals surface area contributed by atoms with E-state index >= 15 is 0 Å². The molecule has 14 nitrogen and oxygen atoms in total. The number of benzene rings is 3. The molecule has 1 saturated heterocycles. The number of methoxy groups -OCH3 is 1. The average Bonchev–Trinajstić information content (AvgIpc) is 3.02. The van der Waals surface area contributed by atoms with Crippen molar-refractivity contribution in [2.45, 2.75) is 30.7 Å². The molecule has 45 heavy (non-hydrogen) atoms. The summed E-state index contributed by atoms with van der Waals surface area (Å²) in [7, 11) is 1.25. The molecule has 0 bridgehead atoms. The van der Waals surface area contributed by atoms with Gasteiger partial charge in [0.05, 0.1) is 25.3 Å². The predicted octanol–water partition coefficient (Wildman–Crippen LogP) is 2.01. The molecule has 0 radical (unpaired) electrons. The first-order chi connectivity index (χ1) is 21.5. The first kappa shape index (κ1) is 31.3. The van der Waals surface area contributed by atoms with Crippen LogP contribution in [-0.4, -0.2) is 91.2 Å². The van der Waals surface area contributed by atoms with Crippen LogP contribution in [-0.2, 0) is 9.53 Å². The fourth-order valence-electron chi connectivity index (χ4n) is 4.59. The molecule has 0 aliphatic carbocycles. The number of ether oxygens (including phenoxy) is 4. The zero-order chi connectivity index (χ0) is 32.4. The second-order valence-electron chi connectivity index (χ2n) is 10.0. The lowest BCUT2D eigenvalue weighted by atomic mass is 9.99. The standard InChI is InChI=1S/C31H28O14/c1-41-22-9-15(8-20(35)26(22)37)30-23(44-31-29(40)28(39)27(38)24(13-32)45-31)12-18-19(34)10-17(11-21(18)43-30)42-25(36)7-4-14-2-5-16(33)6-3-14/h2-12,24,27-29,31-32,38-40H,13H2,1H3,(H3-,33,34,35,36,37)/p+1/t24-,27-,28+,29-,31-/m1/s1. The van der Waals surface area contributed by atoms with Crippen molar-refractivity contribution in [3.05, 3.63) is 66.2 Å². The van der Waals surface area contributed by atoms with E-state index in [1.807, 2.05) is 0 Å². The lowest BCUT2D eigenvalue weighted by molar-refractivity contribution is -0.277. The number of phenolic OH excluding ortho intramolecular Hbond substituents is 4. The highest BCUT2D eigenvalue weighted by Gasteiger charge is 2.45. The second kappa shape index (κ2) is 12.9. The molecule has 0 amide bonds. The number of carbonyl (C=O) groups excluding carboxylic acids is 1. The first-order valence-corrected chi connectivity index (χ1v) is 13.4. The van der Waals surface area contributed by atoms with E-state index < -0.39 is 60.5 Å². The molecule has 0 spiro atoms. The van der Waals surface area contributed by atoms with Gasteiger partial charge in [-0.05, 0) is 23.8 Å². The molecule has 5 atom stereocenters. The third-order valence-corrected chi connectivity index (χ3v) is 6.96. The highest BCUT2D eigenvalue weighted by atomic mass is 16.7. The number of hydrogen-bond donors (Lipinski definition) is 8. The van der Waals surface area contributed by atoms with Crippen LogP contribution < -0.4 is 14.2 Å². The molecule has 236 valence electrons. The molecular formula is C31H29O14+. The Morgan fingerprint density at radius 2 is 1.64 bits per heavy atom. The second-order valence-corrected chi connectivity index (χ2v) is 10.0. The number of hydrogen-bond acceptors (Lipinski definition) is 13. The minimum Gasteiger partial charge on any atom is -0.508 e. The van der Waals surface area contributed by atoms with Crippen molar-refractivity contribution < 1.29 is 69.0 Å². The van der Waals surface area contributed by atoms with Crippen molar-refractivity contribution in [1.29, 1.82) is 0 Å². The van der Waals surface area contributed by atoms with Crippen LogP contribution in [0.15, 0.2) is 65.1 Å². The molecule has 14 heteroatoms. The summed E-state index contributed by atoms with van der Waals surface area (Å²) in [5.41, 5.74) is 0.649. The maximum absolute atomic E-state index is 12.5. The van der Waals surface area contributed by atoms with Gasteiger partial charge < -0.3 is 59.8 Å². The molecule has 2 heterocycles. The Labute approximate surface area is 254 Å². The van der Waals surface area contributed by atoms with Gasteiger partial charge >= 0.3 is 17.3 Å². The van der Waals surface area contributed by atoms with Crippen molar-refractivity contribution in [3.8, 4) is 51.6 Å². The van der Waals surface area contributed by atoms with E-state index in [-0.39, 0.29) is 45.3 Å². The van der Waals surface area contributed by atoms with Gasteiger partial charge in [0.1, 0.15) is 47.1 Å². The van der Waals surface area contributed by atoms with Crippen molar-refractivity contribution >= 4 is 23.0 Å². The molecule has 8 N–H and O–H groups in total. The van der Waals surface area contributed by atoms with E-state index in [1.54, 1.807) is 12.1 Å². The Bertz CT molecular complexity index is 1730. The van der Waals surface area contributed by atoms with Crippen molar-refractivity contribution in [2.75, 3.05) is 13.7 Å². The highest BCUT2D eigenvalue weighted by molar-refractivity contribution is 5.92. The summed E-state index contributed by atoms with van der Waals surface area (Å²) in [4.78, 5) is 12.5. The minimum absolute atomic E-state index is 0.0349. The monoisotopic (exact) mass is 625 g/mol. The van der Waals surface area contributed by atoms with Gasteiger partial charge in [-0.3, -0.25) is 0 Å². The summed E-state index contributed by atoms with van der Waals surface area (Å²) in [6, 6.07) is 12.2. The fraction of sp³-hybridized carbons (Fsp3) is 0.226. The van der Waals surface area contributed by atoms with Gasteiger partial charge in [0, 0.05) is 30.3 Å². The summed E-state index contributed by atoms with van der Waals surface area (Å²) < 4.78 is 27.8. The minimum atomic E-state index is -1.79. The molecular weight excluding hydrogens is 596 g/mol. The molecule has 1 aromatic heterocycles. The Kier molecular flexibility index (Phi) is 8.94. The van der Waals surface area contributed by atoms with Crippen LogP contribution in [0.3, 0.4) is 0 Å². The summed E-state index contributed by atoms with van der Waals surface area (Å²) >= 11 is 0. The van der Waals surface area contributed by atoms with Gasteiger partial charge in [-0.25, -0.2) is 9.21 Å². The summed E-state index contributed by atoms with van der Waals surface area (Å²) in [6.07, 6.45) is -5.54. The maximum atomic E-state index is 12.5. The topological polar surface area (TPSA) is 227 Å². The molecule has 3 aromatic carbocycles. The van der Waals surface area contributed by atoms with E-state index in [4.69, 9.17) is 23.4 Å². The lowest BCUT2D eigenvalue weighted by Crippen LogP contribution is -2.60. The number of esters is 1. The zero-order valence-corrected chi connectivity index (χ0v) is 23.5. The van der Waals surface area contributed by atoms with Crippen LogP contribution in [0.5, 0.6) is 40.2 Å². The Morgan fingerprint density at radius 3 is 2.33 bits per heavy atom. The zero-order valence-electron chi connectivity index (χ0n) is 23.5. The van der Waals surface area contributed by atoms with Crippen molar-refractivity contribution in [3.63, 3.8) is 0 Å². The van der Waals surface area contributed by atoms with Gasteiger partial charge in [-0.15, -0.1) is 0 Å². The van der Waals surface area contributed by atoms with Crippen LogP contribution in [0.1, 0.15) is 5.56 Å². The average molecular weight is 626 g/mol. The largest absolute Gasteiger partial charge is 0.508 e. The quantitative estimate of drug-likeness (QED) is 0.0461. The molecule has 5 rings (SSSR count). The molecule has 1 aliphatic heterocycles. The van der Waals surface area contributed by atoms with Crippen LogP contribution >= 0.6 is 0 Å². The van der Waals surface area contributed by atoms with Crippen LogP contribution in [0.25, 0.3) is 28.4 Å². The van der Waals surface area contributed by atoms with Crippen LogP contribution in [0.4, 0.5) is 0 Å². The maximum Gasteiger partial charge on any atom is 0.402 e. The number of carbonyl (C=O) groups is 1. The van der Waals surface area contributed by atoms with Gasteiger partial charge in [0.15, 0.2) is 11.5 Å². The SMILES string of the molecule is COc1cc(-c2[o+]c3cc(OC(=O)C=Cc4ccc(O)cc4)cc(O)c3cc2O[C@@H]2O[C@H](CO)[C@@H](O)[C@H](O)[C@H]2O)cc(O)c1O. The summed E-state index contributed by atoms with van der Waals surface area (Å²) in [5, 5.41) is 81.2. The fourth-order valence-corrected chi connectivity index (χ4v) is 4.59. The normalized spacial score (nSPS) is 21.6. The van der Waals surface area contributed by atoms with Crippen LogP contribution in [0.2, 0.25) is 0 Å². The third kappa shape index (κ3) is 6.55. The van der Waals surface area contributed by atoms with E-state index in [9.17, 15) is 45.6 Å². The number of phenols is 4. The van der Waals surface area contributed by atoms with Gasteiger partial charge in [0.2, 0.25) is 17.8 Å². The number of aromatic hydroxyl groups is 4. The molecule has 0 unspecified atom stereocenters. The van der Waals surface area contributed by atoms with Crippen molar-refractivity contribution in [2.24, 2.45) is 0 Å². The number of aliphatic hydroxyl groups excluding tert-OH is 4. The molecule has 1 aliphatic rings. The lowest BCUT2D eigenvalue weighted by Gasteiger charge is -2.39. The Hall–Kier alpha value is -5.12. The Morgan fingerprint density at radius 1 is 0.911 bits per heavy atom. The van der Waals surface area contributed by atoms with Gasteiger partial charge in [-0.2, -0.15) is 0 Å². The summed E-state index contributed by atoms with van der Waals surface area (Å²) in [5.74, 6) is -2.94. The smallest absolute Gasteiger partial charge is 0.402 e. The van der Waals surface area contributed by atoms with Gasteiger partial charge in [-0.1, -0.05) is 12.1 Å². The molecule has 1 fully saturated rings. The highest BCUT2D eigenvalue weighted by Crippen LogP contribution is 2.45. The third-order valence-electron chi connectivity index (χ3n) is 6.96. The number of fused-ring (bicyclic) bond motifs is 1. The van der Waals surface area contributed by atoms with Crippen molar-refractivity contribution in [1.82, 2.24) is 0 Å². The van der Waals surface area contributed by atoms with Crippen LogP contribution in [0, 0.1) is 0 Å². The van der Waals surface area contributed by atoms with E-state index in [2.05, 4.69) is 0 Å². The Balaban J connectivity index is 1.55. The van der Waals surface area contributed by atoms with E-state index in [0.717, 1.165) is 18.2 Å². The predicted molar refractivity (Wildman–Crippen MR) is 155 cm³/mol. The molecule has 4 aromatic rings. The molecule has 0 saturated carbocycles. The summed E-state index contributed by atoms with van der Waals surface area (Å²) in [6.45, 7) is -0.713. The number of rotatable bonds is 8. The van der Waals surface area contributed by atoms with E-state index in [1.165, 1.54) is 43.5 Å².